The summed E-state index contributed by atoms with van der Waals surface area (Å²) >= 11 is 3.37. The van der Waals surface area contributed by atoms with Crippen molar-refractivity contribution in [1.29, 1.82) is 0 Å². The lowest BCUT2D eigenvalue weighted by Gasteiger charge is -2.25. The van der Waals surface area contributed by atoms with Gasteiger partial charge in [-0.2, -0.15) is 0 Å². The summed E-state index contributed by atoms with van der Waals surface area (Å²) in [5.74, 6) is 0.649. The van der Waals surface area contributed by atoms with Crippen molar-refractivity contribution in [2.24, 2.45) is 5.92 Å². The number of carbonyl (C=O) groups is 1. The highest BCUT2D eigenvalue weighted by Gasteiger charge is 2.17. The van der Waals surface area contributed by atoms with E-state index in [2.05, 4.69) is 29.8 Å². The molecule has 19 heavy (non-hydrogen) atoms. The summed E-state index contributed by atoms with van der Waals surface area (Å²) in [7, 11) is 0. The fourth-order valence-corrected chi connectivity index (χ4v) is 2.44. The minimum atomic E-state index is 0.0788. The molecule has 0 saturated carbocycles. The number of hydrogen-bond acceptors (Lipinski definition) is 2. The lowest BCUT2D eigenvalue weighted by molar-refractivity contribution is 0.0735. The number of nitrogens with two attached hydrogens (primary N) is 1. The number of halogens is 1. The second-order valence-corrected chi connectivity index (χ2v) is 5.62. The van der Waals surface area contributed by atoms with Gasteiger partial charge in [0.1, 0.15) is 0 Å². The third-order valence-electron chi connectivity index (χ3n) is 3.55. The zero-order valence-electron chi connectivity index (χ0n) is 11.9. The molecule has 0 aliphatic carbocycles. The van der Waals surface area contributed by atoms with Gasteiger partial charge in [-0.05, 0) is 47.0 Å². The summed E-state index contributed by atoms with van der Waals surface area (Å²) < 4.78 is 0.775. The van der Waals surface area contributed by atoms with Gasteiger partial charge in [0.05, 0.1) is 0 Å². The van der Waals surface area contributed by atoms with E-state index in [-0.39, 0.29) is 5.91 Å². The molecular weight excluding hydrogens is 304 g/mol. The van der Waals surface area contributed by atoms with Crippen molar-refractivity contribution >= 4 is 27.5 Å². The Hall–Kier alpha value is -1.03. The monoisotopic (exact) mass is 326 g/mol. The van der Waals surface area contributed by atoms with E-state index in [9.17, 15) is 4.79 Å². The van der Waals surface area contributed by atoms with Gasteiger partial charge >= 0.3 is 0 Å². The molecule has 106 valence electrons. The maximum absolute atomic E-state index is 12.5. The van der Waals surface area contributed by atoms with E-state index in [4.69, 9.17) is 5.73 Å². The van der Waals surface area contributed by atoms with Crippen LogP contribution in [0.4, 0.5) is 5.69 Å². The largest absolute Gasteiger partial charge is 0.398 e. The molecule has 0 aliphatic rings. The van der Waals surface area contributed by atoms with Crippen LogP contribution >= 0.6 is 15.9 Å². The summed E-state index contributed by atoms with van der Waals surface area (Å²) in [6.45, 7) is 7.92. The second kappa shape index (κ2) is 7.53. The van der Waals surface area contributed by atoms with Crippen LogP contribution in [0.15, 0.2) is 22.7 Å². The SMILES string of the molecule is CCC(CC)CN(CC)C(=O)c1ccc(N)c(Br)c1. The minimum Gasteiger partial charge on any atom is -0.398 e. The summed E-state index contributed by atoms with van der Waals surface area (Å²) in [6, 6.07) is 5.35. The standard InChI is InChI=1S/C15H23BrN2O/c1-4-11(5-2)10-18(6-3)15(19)12-7-8-14(17)13(16)9-12/h7-9,11H,4-6,10,17H2,1-3H3. The first-order valence-corrected chi connectivity index (χ1v) is 7.66. The smallest absolute Gasteiger partial charge is 0.253 e. The zero-order chi connectivity index (χ0) is 14.4. The third-order valence-corrected chi connectivity index (χ3v) is 4.24. The first-order valence-electron chi connectivity index (χ1n) is 6.87. The van der Waals surface area contributed by atoms with E-state index in [1.165, 1.54) is 0 Å². The average molecular weight is 327 g/mol. The van der Waals surface area contributed by atoms with Crippen LogP contribution in [0.5, 0.6) is 0 Å². The van der Waals surface area contributed by atoms with Crippen molar-refractivity contribution in [3.63, 3.8) is 0 Å². The second-order valence-electron chi connectivity index (χ2n) is 4.76. The van der Waals surface area contributed by atoms with Crippen LogP contribution in [-0.2, 0) is 0 Å². The van der Waals surface area contributed by atoms with Crippen molar-refractivity contribution in [3.05, 3.63) is 28.2 Å². The van der Waals surface area contributed by atoms with Gasteiger partial charge in [0, 0.05) is 28.8 Å². The minimum absolute atomic E-state index is 0.0788. The normalized spacial score (nSPS) is 10.8. The van der Waals surface area contributed by atoms with Crippen LogP contribution in [-0.4, -0.2) is 23.9 Å². The highest BCUT2D eigenvalue weighted by atomic mass is 79.9. The van der Waals surface area contributed by atoms with E-state index >= 15 is 0 Å². The van der Waals surface area contributed by atoms with Crippen LogP contribution in [0.3, 0.4) is 0 Å². The fourth-order valence-electron chi connectivity index (χ4n) is 2.06. The number of benzene rings is 1. The summed E-state index contributed by atoms with van der Waals surface area (Å²) in [5, 5.41) is 0. The molecule has 0 spiro atoms. The quantitative estimate of drug-likeness (QED) is 0.805. The third kappa shape index (κ3) is 4.23. The summed E-state index contributed by atoms with van der Waals surface area (Å²) in [5.41, 5.74) is 7.09. The molecular formula is C15H23BrN2O. The molecule has 0 saturated heterocycles. The molecule has 0 unspecified atom stereocenters. The molecule has 0 bridgehead atoms. The lowest BCUT2D eigenvalue weighted by Crippen LogP contribution is -2.35. The summed E-state index contributed by atoms with van der Waals surface area (Å²) in [4.78, 5) is 14.4. The topological polar surface area (TPSA) is 46.3 Å². The van der Waals surface area contributed by atoms with Crippen molar-refractivity contribution in [2.75, 3.05) is 18.8 Å². The number of nitrogen functional groups attached to an aromatic ring is 1. The number of amides is 1. The Labute approximate surface area is 124 Å². The van der Waals surface area contributed by atoms with Gasteiger partial charge in [-0.25, -0.2) is 0 Å². The van der Waals surface area contributed by atoms with Gasteiger partial charge < -0.3 is 10.6 Å². The van der Waals surface area contributed by atoms with E-state index in [1.54, 1.807) is 18.2 Å². The highest BCUT2D eigenvalue weighted by Crippen LogP contribution is 2.22. The molecule has 4 heteroatoms. The van der Waals surface area contributed by atoms with Gasteiger partial charge in [-0.1, -0.05) is 26.7 Å². The molecule has 0 fully saturated rings. The Morgan fingerprint density at radius 1 is 1.32 bits per heavy atom. The van der Waals surface area contributed by atoms with Crippen LogP contribution in [0.25, 0.3) is 0 Å². The van der Waals surface area contributed by atoms with Crippen LogP contribution in [0, 0.1) is 5.92 Å². The number of rotatable bonds is 6. The predicted molar refractivity (Wildman–Crippen MR) is 84.2 cm³/mol. The van der Waals surface area contributed by atoms with Crippen molar-refractivity contribution in [3.8, 4) is 0 Å². The molecule has 1 rings (SSSR count). The zero-order valence-corrected chi connectivity index (χ0v) is 13.5. The number of hydrogen-bond donors (Lipinski definition) is 1. The Kier molecular flexibility index (Phi) is 6.35. The maximum atomic E-state index is 12.5. The molecule has 0 aromatic heterocycles. The molecule has 1 aromatic carbocycles. The molecule has 1 aromatic rings. The van der Waals surface area contributed by atoms with Crippen LogP contribution < -0.4 is 5.73 Å². The van der Waals surface area contributed by atoms with Crippen molar-refractivity contribution in [1.82, 2.24) is 4.90 Å². The Bertz CT molecular complexity index is 430. The fraction of sp³-hybridized carbons (Fsp3) is 0.533. The molecule has 0 aliphatic heterocycles. The van der Waals surface area contributed by atoms with Gasteiger partial charge in [-0.3, -0.25) is 4.79 Å². The van der Waals surface area contributed by atoms with E-state index in [0.29, 0.717) is 17.2 Å². The number of carbonyl (C=O) groups excluding carboxylic acids is 1. The highest BCUT2D eigenvalue weighted by molar-refractivity contribution is 9.10. The molecule has 0 heterocycles. The first-order chi connectivity index (χ1) is 9.03. The summed E-state index contributed by atoms with van der Waals surface area (Å²) in [6.07, 6.45) is 2.21. The Morgan fingerprint density at radius 2 is 1.95 bits per heavy atom. The van der Waals surface area contributed by atoms with E-state index < -0.39 is 0 Å². The van der Waals surface area contributed by atoms with Gasteiger partial charge in [0.15, 0.2) is 0 Å². The molecule has 2 N–H and O–H groups in total. The van der Waals surface area contributed by atoms with Crippen LogP contribution in [0.2, 0.25) is 0 Å². The van der Waals surface area contributed by atoms with Crippen molar-refractivity contribution in [2.45, 2.75) is 33.6 Å². The Morgan fingerprint density at radius 3 is 2.42 bits per heavy atom. The molecule has 0 atom stereocenters. The van der Waals surface area contributed by atoms with Crippen LogP contribution in [0.1, 0.15) is 44.0 Å². The maximum Gasteiger partial charge on any atom is 0.253 e. The molecule has 1 amide bonds. The molecule has 3 nitrogen and oxygen atoms in total. The molecule has 0 radical (unpaired) electrons. The van der Waals surface area contributed by atoms with Gasteiger partial charge in [0.25, 0.3) is 5.91 Å². The van der Waals surface area contributed by atoms with Gasteiger partial charge in [-0.15, -0.1) is 0 Å². The number of nitrogens with zero attached hydrogens (tertiary/aromatic N) is 1. The first kappa shape index (κ1) is 16.0. The lowest BCUT2D eigenvalue weighted by atomic mass is 10.0. The Balaban J connectivity index is 2.85. The van der Waals surface area contributed by atoms with Crippen molar-refractivity contribution < 1.29 is 4.79 Å². The predicted octanol–water partition coefficient (Wildman–Crippen LogP) is 3.93. The number of anilines is 1. The van der Waals surface area contributed by atoms with E-state index in [0.717, 1.165) is 30.4 Å². The van der Waals surface area contributed by atoms with Gasteiger partial charge in [0.2, 0.25) is 0 Å². The average Bonchev–Trinajstić information content (AvgIpc) is 2.42. The van der Waals surface area contributed by atoms with E-state index in [1.807, 2.05) is 11.8 Å².